The number of furan rings is 1. The number of hydrogen-bond donors (Lipinski definition) is 0. The van der Waals surface area contributed by atoms with Crippen molar-refractivity contribution >= 4 is 16.9 Å². The van der Waals surface area contributed by atoms with E-state index < -0.39 is 0 Å². The van der Waals surface area contributed by atoms with Gasteiger partial charge in [-0.15, -0.1) is 0 Å². The van der Waals surface area contributed by atoms with E-state index in [1.807, 2.05) is 29.2 Å². The maximum atomic E-state index is 12.6. The molecule has 3 rings (SSSR count). The topological polar surface area (TPSA) is 42.7 Å². The molecule has 1 fully saturated rings. The monoisotopic (exact) mass is 273 g/mol. The van der Waals surface area contributed by atoms with E-state index in [0.717, 1.165) is 42.5 Å². The number of carbonyl (C=O) groups excluding carboxylic acids is 1. The van der Waals surface area contributed by atoms with Gasteiger partial charge in [-0.25, -0.2) is 0 Å². The van der Waals surface area contributed by atoms with E-state index in [-0.39, 0.29) is 5.91 Å². The van der Waals surface area contributed by atoms with Crippen LogP contribution in [0.25, 0.3) is 11.0 Å². The zero-order valence-electron chi connectivity index (χ0n) is 11.7. The lowest BCUT2D eigenvalue weighted by Gasteiger charge is -2.26. The van der Waals surface area contributed by atoms with E-state index in [0.29, 0.717) is 12.4 Å². The number of amides is 1. The Hall–Kier alpha value is -1.81. The van der Waals surface area contributed by atoms with Crippen molar-refractivity contribution in [1.29, 1.82) is 0 Å². The summed E-state index contributed by atoms with van der Waals surface area (Å²) in [7, 11) is 1.64. The number of para-hydroxylation sites is 1. The van der Waals surface area contributed by atoms with Crippen LogP contribution in [-0.2, 0) is 11.3 Å². The van der Waals surface area contributed by atoms with Gasteiger partial charge in [0.05, 0.1) is 6.61 Å². The van der Waals surface area contributed by atoms with E-state index in [1.54, 1.807) is 7.11 Å². The molecule has 20 heavy (non-hydrogen) atoms. The normalized spacial score (nSPS) is 15.8. The zero-order valence-corrected chi connectivity index (χ0v) is 11.7. The standard InChI is InChI=1S/C16H19NO3/c1-19-11-13-12-7-3-4-8-14(12)20-15(13)16(18)17-9-5-2-6-10-17/h3-4,7-8H,2,5-6,9-11H2,1H3. The third kappa shape index (κ3) is 2.31. The molecular weight excluding hydrogens is 254 g/mol. The summed E-state index contributed by atoms with van der Waals surface area (Å²) >= 11 is 0. The Kier molecular flexibility index (Phi) is 3.74. The molecule has 1 aromatic heterocycles. The van der Waals surface area contributed by atoms with Gasteiger partial charge >= 0.3 is 0 Å². The summed E-state index contributed by atoms with van der Waals surface area (Å²) in [4.78, 5) is 14.5. The van der Waals surface area contributed by atoms with Crippen LogP contribution in [0, 0.1) is 0 Å². The smallest absolute Gasteiger partial charge is 0.289 e. The lowest BCUT2D eigenvalue weighted by Crippen LogP contribution is -2.35. The largest absolute Gasteiger partial charge is 0.451 e. The van der Waals surface area contributed by atoms with Crippen LogP contribution in [0.2, 0.25) is 0 Å². The van der Waals surface area contributed by atoms with Crippen LogP contribution >= 0.6 is 0 Å². The van der Waals surface area contributed by atoms with Crippen molar-refractivity contribution in [3.63, 3.8) is 0 Å². The second-order valence-corrected chi connectivity index (χ2v) is 5.19. The average Bonchev–Trinajstić information content (AvgIpc) is 2.87. The molecule has 1 saturated heterocycles. The Morgan fingerprint density at radius 2 is 2.00 bits per heavy atom. The summed E-state index contributed by atoms with van der Waals surface area (Å²) in [6.07, 6.45) is 3.35. The minimum absolute atomic E-state index is 0.00653. The first kappa shape index (κ1) is 13.2. The number of fused-ring (bicyclic) bond motifs is 1. The van der Waals surface area contributed by atoms with Gasteiger partial charge in [0, 0.05) is 31.1 Å². The van der Waals surface area contributed by atoms with Crippen molar-refractivity contribution in [2.45, 2.75) is 25.9 Å². The minimum Gasteiger partial charge on any atom is -0.451 e. The van der Waals surface area contributed by atoms with Gasteiger partial charge in [0.25, 0.3) is 5.91 Å². The highest BCUT2D eigenvalue weighted by molar-refractivity contribution is 5.99. The van der Waals surface area contributed by atoms with Gasteiger partial charge in [-0.05, 0) is 25.3 Å². The average molecular weight is 273 g/mol. The summed E-state index contributed by atoms with van der Waals surface area (Å²) in [5.41, 5.74) is 1.61. The van der Waals surface area contributed by atoms with E-state index in [9.17, 15) is 4.79 Å². The number of carbonyl (C=O) groups is 1. The SMILES string of the molecule is COCc1c(C(=O)N2CCCCC2)oc2ccccc12. The van der Waals surface area contributed by atoms with Crippen molar-refractivity contribution < 1.29 is 13.9 Å². The highest BCUT2D eigenvalue weighted by atomic mass is 16.5. The maximum absolute atomic E-state index is 12.6. The van der Waals surface area contributed by atoms with Gasteiger partial charge in [0.15, 0.2) is 5.76 Å². The molecule has 1 amide bonds. The predicted octanol–water partition coefficient (Wildman–Crippen LogP) is 3.21. The number of ether oxygens (including phenoxy) is 1. The number of benzene rings is 1. The van der Waals surface area contributed by atoms with Crippen molar-refractivity contribution in [2.24, 2.45) is 0 Å². The second-order valence-electron chi connectivity index (χ2n) is 5.19. The van der Waals surface area contributed by atoms with Crippen molar-refractivity contribution in [1.82, 2.24) is 4.90 Å². The first-order chi connectivity index (χ1) is 9.81. The summed E-state index contributed by atoms with van der Waals surface area (Å²) in [6, 6.07) is 7.73. The molecule has 0 radical (unpaired) electrons. The lowest BCUT2D eigenvalue weighted by molar-refractivity contribution is 0.0688. The molecule has 0 unspecified atom stereocenters. The molecule has 1 aliphatic heterocycles. The second kappa shape index (κ2) is 5.67. The maximum Gasteiger partial charge on any atom is 0.289 e. The van der Waals surface area contributed by atoms with Gasteiger partial charge in [-0.2, -0.15) is 0 Å². The van der Waals surface area contributed by atoms with Crippen LogP contribution in [0.4, 0.5) is 0 Å². The van der Waals surface area contributed by atoms with E-state index >= 15 is 0 Å². The van der Waals surface area contributed by atoms with E-state index in [2.05, 4.69) is 0 Å². The van der Waals surface area contributed by atoms with Crippen LogP contribution in [0.15, 0.2) is 28.7 Å². The molecule has 0 N–H and O–H groups in total. The predicted molar refractivity (Wildman–Crippen MR) is 76.7 cm³/mol. The third-order valence-electron chi connectivity index (χ3n) is 3.82. The van der Waals surface area contributed by atoms with Gasteiger partial charge in [-0.3, -0.25) is 4.79 Å². The van der Waals surface area contributed by atoms with Gasteiger partial charge < -0.3 is 14.1 Å². The molecule has 0 saturated carbocycles. The molecule has 0 spiro atoms. The summed E-state index contributed by atoms with van der Waals surface area (Å²) in [5, 5.41) is 0.967. The Bertz CT molecular complexity index is 611. The number of likely N-dealkylation sites (tertiary alicyclic amines) is 1. The van der Waals surface area contributed by atoms with Crippen LogP contribution in [-0.4, -0.2) is 31.0 Å². The summed E-state index contributed by atoms with van der Waals surface area (Å²) in [6.45, 7) is 2.04. The summed E-state index contributed by atoms with van der Waals surface area (Å²) < 4.78 is 11.0. The fourth-order valence-corrected chi connectivity index (χ4v) is 2.80. The van der Waals surface area contributed by atoms with Gasteiger partial charge in [-0.1, -0.05) is 18.2 Å². The molecule has 2 aromatic rings. The number of nitrogens with zero attached hydrogens (tertiary/aromatic N) is 1. The molecule has 1 aromatic carbocycles. The number of piperidine rings is 1. The molecular formula is C16H19NO3. The van der Waals surface area contributed by atoms with Crippen LogP contribution in [0.3, 0.4) is 0 Å². The number of hydrogen-bond acceptors (Lipinski definition) is 3. The van der Waals surface area contributed by atoms with Crippen LogP contribution < -0.4 is 0 Å². The molecule has 106 valence electrons. The van der Waals surface area contributed by atoms with Crippen molar-refractivity contribution in [2.75, 3.05) is 20.2 Å². The van der Waals surface area contributed by atoms with Crippen molar-refractivity contribution in [3.8, 4) is 0 Å². The molecule has 2 heterocycles. The molecule has 0 bridgehead atoms. The van der Waals surface area contributed by atoms with Gasteiger partial charge in [0.2, 0.25) is 0 Å². The molecule has 0 atom stereocenters. The number of methoxy groups -OCH3 is 1. The fourth-order valence-electron chi connectivity index (χ4n) is 2.80. The van der Waals surface area contributed by atoms with E-state index in [4.69, 9.17) is 9.15 Å². The third-order valence-corrected chi connectivity index (χ3v) is 3.82. The fraction of sp³-hybridized carbons (Fsp3) is 0.438. The van der Waals surface area contributed by atoms with Crippen LogP contribution in [0.5, 0.6) is 0 Å². The quantitative estimate of drug-likeness (QED) is 0.862. The molecule has 4 nitrogen and oxygen atoms in total. The Balaban J connectivity index is 2.00. The highest BCUT2D eigenvalue weighted by Crippen LogP contribution is 2.28. The number of rotatable bonds is 3. The van der Waals surface area contributed by atoms with Crippen molar-refractivity contribution in [3.05, 3.63) is 35.6 Å². The molecule has 1 aliphatic rings. The van der Waals surface area contributed by atoms with Gasteiger partial charge in [0.1, 0.15) is 5.58 Å². The first-order valence-corrected chi connectivity index (χ1v) is 7.10. The zero-order chi connectivity index (χ0) is 13.9. The van der Waals surface area contributed by atoms with Crippen LogP contribution in [0.1, 0.15) is 35.4 Å². The first-order valence-electron chi connectivity index (χ1n) is 7.10. The Labute approximate surface area is 118 Å². The Morgan fingerprint density at radius 3 is 2.75 bits per heavy atom. The Morgan fingerprint density at radius 1 is 1.25 bits per heavy atom. The minimum atomic E-state index is -0.00653. The molecule has 4 heteroatoms. The summed E-state index contributed by atoms with van der Waals surface area (Å²) in [5.74, 6) is 0.433. The molecule has 0 aliphatic carbocycles. The highest BCUT2D eigenvalue weighted by Gasteiger charge is 2.25. The van der Waals surface area contributed by atoms with E-state index in [1.165, 1.54) is 6.42 Å². The lowest BCUT2D eigenvalue weighted by atomic mass is 10.1.